The van der Waals surface area contributed by atoms with Gasteiger partial charge in [-0.3, -0.25) is 4.90 Å². The normalized spacial score (nSPS) is 16.9. The van der Waals surface area contributed by atoms with Gasteiger partial charge in [0.1, 0.15) is 5.60 Å². The Hall–Kier alpha value is -2.75. The Morgan fingerprint density at radius 2 is 1.75 bits per heavy atom. The molecule has 146 valence electrons. The lowest BCUT2D eigenvalue weighted by atomic mass is 9.93. The number of aromatic nitrogens is 1. The van der Waals surface area contributed by atoms with Crippen LogP contribution >= 0.6 is 0 Å². The Labute approximate surface area is 166 Å². The highest BCUT2D eigenvalue weighted by molar-refractivity contribution is 5.86. The average Bonchev–Trinajstić information content (AvgIpc) is 2.95. The van der Waals surface area contributed by atoms with Crippen LogP contribution in [0.25, 0.3) is 10.9 Å². The number of rotatable bonds is 2. The van der Waals surface area contributed by atoms with Crippen molar-refractivity contribution in [1.29, 1.82) is 0 Å². The molecule has 0 saturated heterocycles. The molecule has 2 heterocycles. The van der Waals surface area contributed by atoms with Crippen molar-refractivity contribution in [3.05, 3.63) is 71.4 Å². The fourth-order valence-corrected chi connectivity index (χ4v) is 4.30. The maximum absolute atomic E-state index is 13.0. The fourth-order valence-electron chi connectivity index (χ4n) is 4.30. The molecule has 1 aliphatic rings. The molecule has 0 spiro atoms. The molecule has 3 aromatic rings. The van der Waals surface area contributed by atoms with E-state index in [-0.39, 0.29) is 12.1 Å². The second kappa shape index (κ2) is 7.01. The number of para-hydroxylation sites is 1. The number of aryl methyl sites for hydroxylation is 1. The molecule has 1 amide bonds. The summed E-state index contributed by atoms with van der Waals surface area (Å²) in [6.07, 6.45) is 1.39. The molecule has 1 aromatic heterocycles. The molecular weight excluding hydrogens is 348 g/mol. The van der Waals surface area contributed by atoms with Crippen LogP contribution in [0.15, 0.2) is 54.6 Å². The minimum atomic E-state index is -0.506. The summed E-state index contributed by atoms with van der Waals surface area (Å²) in [7, 11) is 2.11. The lowest BCUT2D eigenvalue weighted by Gasteiger charge is -2.37. The minimum Gasteiger partial charge on any atom is -0.444 e. The molecule has 1 unspecified atom stereocenters. The Kier molecular flexibility index (Phi) is 4.66. The molecule has 1 atom stereocenters. The third kappa shape index (κ3) is 3.39. The summed E-state index contributed by atoms with van der Waals surface area (Å²) in [5, 5.41) is 1.29. The average molecular weight is 376 g/mol. The van der Waals surface area contributed by atoms with Gasteiger partial charge in [-0.15, -0.1) is 0 Å². The van der Waals surface area contributed by atoms with E-state index in [1.54, 1.807) is 0 Å². The lowest BCUT2D eigenvalue weighted by Crippen LogP contribution is -2.44. The molecule has 0 aliphatic carbocycles. The van der Waals surface area contributed by atoms with Crippen LogP contribution in [0.5, 0.6) is 0 Å². The summed E-state index contributed by atoms with van der Waals surface area (Å²) in [5.41, 5.74) is 4.52. The maximum Gasteiger partial charge on any atom is 0.410 e. The number of nitrogens with zero attached hydrogens (tertiary/aromatic N) is 2. The van der Waals surface area contributed by atoms with Gasteiger partial charge in [-0.2, -0.15) is 0 Å². The zero-order chi connectivity index (χ0) is 19.9. The van der Waals surface area contributed by atoms with E-state index in [1.165, 1.54) is 27.7 Å². The van der Waals surface area contributed by atoms with E-state index in [2.05, 4.69) is 60.1 Å². The van der Waals surface area contributed by atoms with E-state index < -0.39 is 5.60 Å². The smallest absolute Gasteiger partial charge is 0.410 e. The Morgan fingerprint density at radius 1 is 1.07 bits per heavy atom. The van der Waals surface area contributed by atoms with Crippen molar-refractivity contribution < 1.29 is 9.53 Å². The van der Waals surface area contributed by atoms with Crippen LogP contribution in [0.2, 0.25) is 0 Å². The first kappa shape index (κ1) is 18.6. The molecule has 4 rings (SSSR count). The first-order chi connectivity index (χ1) is 13.3. The van der Waals surface area contributed by atoms with Crippen LogP contribution < -0.4 is 0 Å². The Balaban J connectivity index is 1.80. The van der Waals surface area contributed by atoms with Gasteiger partial charge in [-0.05, 0) is 50.8 Å². The molecule has 1 aliphatic heterocycles. The standard InChI is InChI=1S/C24H28N2O2/c1-24(2,3)28-23(27)26-15-14-19-18-12-8-9-13-20(18)25(4)22(19)21(26)16-17-10-6-5-7-11-17/h5-13,21H,14-16H2,1-4H3. The topological polar surface area (TPSA) is 34.5 Å². The van der Waals surface area contributed by atoms with Crippen molar-refractivity contribution in [3.63, 3.8) is 0 Å². The largest absolute Gasteiger partial charge is 0.444 e. The monoisotopic (exact) mass is 376 g/mol. The maximum atomic E-state index is 13.0. The number of hydrogen-bond donors (Lipinski definition) is 0. The Morgan fingerprint density at radius 3 is 2.46 bits per heavy atom. The minimum absolute atomic E-state index is 0.0431. The summed E-state index contributed by atoms with van der Waals surface area (Å²) < 4.78 is 8.01. The molecule has 0 N–H and O–H groups in total. The van der Waals surface area contributed by atoms with E-state index in [0.717, 1.165) is 12.8 Å². The van der Waals surface area contributed by atoms with Crippen LogP contribution in [0.4, 0.5) is 4.79 Å². The van der Waals surface area contributed by atoms with Gasteiger partial charge in [0.05, 0.1) is 6.04 Å². The molecular formula is C24H28N2O2. The summed E-state index contributed by atoms with van der Waals surface area (Å²) in [6, 6.07) is 18.9. The lowest BCUT2D eigenvalue weighted by molar-refractivity contribution is 0.0135. The summed E-state index contributed by atoms with van der Waals surface area (Å²) in [5.74, 6) is 0. The summed E-state index contributed by atoms with van der Waals surface area (Å²) in [4.78, 5) is 15.0. The second-order valence-corrected chi connectivity index (χ2v) is 8.57. The van der Waals surface area contributed by atoms with Crippen molar-refractivity contribution in [2.45, 2.75) is 45.3 Å². The SMILES string of the molecule is Cn1c2c(c3ccccc31)CCN(C(=O)OC(C)(C)C)C2Cc1ccccc1. The van der Waals surface area contributed by atoms with Crippen LogP contribution in [0, 0.1) is 0 Å². The van der Waals surface area contributed by atoms with Crippen LogP contribution in [0.1, 0.15) is 43.6 Å². The van der Waals surface area contributed by atoms with Crippen molar-refractivity contribution in [3.8, 4) is 0 Å². The first-order valence-corrected chi connectivity index (χ1v) is 9.95. The van der Waals surface area contributed by atoms with Crippen molar-refractivity contribution in [1.82, 2.24) is 9.47 Å². The van der Waals surface area contributed by atoms with Crippen molar-refractivity contribution in [2.24, 2.45) is 7.05 Å². The highest BCUT2D eigenvalue weighted by Gasteiger charge is 2.36. The number of fused-ring (bicyclic) bond motifs is 3. The van der Waals surface area contributed by atoms with E-state index in [4.69, 9.17) is 4.74 Å². The zero-order valence-corrected chi connectivity index (χ0v) is 17.1. The molecule has 0 fully saturated rings. The highest BCUT2D eigenvalue weighted by atomic mass is 16.6. The van der Waals surface area contributed by atoms with Crippen LogP contribution in [-0.4, -0.2) is 27.7 Å². The van der Waals surface area contributed by atoms with E-state index in [0.29, 0.717) is 6.54 Å². The van der Waals surface area contributed by atoms with E-state index >= 15 is 0 Å². The van der Waals surface area contributed by atoms with E-state index in [1.807, 2.05) is 31.7 Å². The summed E-state index contributed by atoms with van der Waals surface area (Å²) >= 11 is 0. The number of carbonyl (C=O) groups excluding carboxylic acids is 1. The number of benzene rings is 2. The number of carbonyl (C=O) groups is 1. The zero-order valence-electron chi connectivity index (χ0n) is 17.1. The van der Waals surface area contributed by atoms with Gasteiger partial charge >= 0.3 is 6.09 Å². The molecule has 28 heavy (non-hydrogen) atoms. The van der Waals surface area contributed by atoms with Gasteiger partial charge in [-0.1, -0.05) is 48.5 Å². The van der Waals surface area contributed by atoms with Crippen molar-refractivity contribution >= 4 is 17.0 Å². The Bertz CT molecular complexity index is 999. The predicted octanol–water partition coefficient (Wildman–Crippen LogP) is 5.26. The second-order valence-electron chi connectivity index (χ2n) is 8.57. The fraction of sp³-hybridized carbons (Fsp3) is 0.375. The van der Waals surface area contributed by atoms with Gasteiger partial charge in [0.2, 0.25) is 0 Å². The van der Waals surface area contributed by atoms with Crippen LogP contribution in [-0.2, 0) is 24.6 Å². The molecule has 0 saturated carbocycles. The highest BCUT2D eigenvalue weighted by Crippen LogP contribution is 2.38. The number of ether oxygens (including phenoxy) is 1. The van der Waals surface area contributed by atoms with Crippen LogP contribution in [0.3, 0.4) is 0 Å². The molecule has 0 bridgehead atoms. The quantitative estimate of drug-likeness (QED) is 0.612. The molecule has 4 heteroatoms. The molecule has 2 aromatic carbocycles. The van der Waals surface area contributed by atoms with Gasteiger partial charge < -0.3 is 9.30 Å². The van der Waals surface area contributed by atoms with Crippen molar-refractivity contribution in [2.75, 3.05) is 6.54 Å². The third-order valence-corrected chi connectivity index (χ3v) is 5.46. The molecule has 4 nitrogen and oxygen atoms in total. The van der Waals surface area contributed by atoms with Gasteiger partial charge in [0, 0.05) is 30.2 Å². The number of amides is 1. The third-order valence-electron chi connectivity index (χ3n) is 5.46. The van der Waals surface area contributed by atoms with Gasteiger partial charge in [0.15, 0.2) is 0 Å². The van der Waals surface area contributed by atoms with E-state index in [9.17, 15) is 4.79 Å². The van der Waals surface area contributed by atoms with Gasteiger partial charge in [-0.25, -0.2) is 4.79 Å². The van der Waals surface area contributed by atoms with Gasteiger partial charge in [0.25, 0.3) is 0 Å². The molecule has 0 radical (unpaired) electrons. The summed E-state index contributed by atoms with van der Waals surface area (Å²) in [6.45, 7) is 6.43. The number of hydrogen-bond acceptors (Lipinski definition) is 2. The predicted molar refractivity (Wildman–Crippen MR) is 112 cm³/mol. The first-order valence-electron chi connectivity index (χ1n) is 9.95.